The van der Waals surface area contributed by atoms with Crippen LogP contribution in [0.25, 0.3) is 0 Å². The molecule has 2 heteroatoms. The van der Waals surface area contributed by atoms with Crippen LogP contribution < -0.4 is 15.9 Å². The summed E-state index contributed by atoms with van der Waals surface area (Å²) in [6.07, 6.45) is 7.50. The highest BCUT2D eigenvalue weighted by Gasteiger charge is 2.14. The number of rotatable bonds is 9. The number of hydrogen-bond acceptors (Lipinski definition) is 1. The number of hydrogen-bond donors (Lipinski definition) is 1. The van der Waals surface area contributed by atoms with E-state index < -0.39 is 7.92 Å². The second kappa shape index (κ2) is 14.1. The fourth-order valence-electron chi connectivity index (χ4n) is 3.07. The zero-order valence-corrected chi connectivity index (χ0v) is 17.9. The molecule has 1 nitrogen and oxygen atoms in total. The SMILES string of the molecule is CCCCCCCCO.c1ccc(P(c2ccccc2)c2ccccc2)cc1. The van der Waals surface area contributed by atoms with Crippen LogP contribution in [0.2, 0.25) is 0 Å². The maximum Gasteiger partial charge on any atom is 0.0431 e. The highest BCUT2D eigenvalue weighted by atomic mass is 31.1. The molecule has 0 fully saturated rings. The first-order chi connectivity index (χ1) is 13.9. The summed E-state index contributed by atoms with van der Waals surface area (Å²) >= 11 is 0. The summed E-state index contributed by atoms with van der Waals surface area (Å²) in [6, 6.07) is 32.3. The smallest absolute Gasteiger partial charge is 0.0431 e. The predicted octanol–water partition coefficient (Wildman–Crippen LogP) is 5.78. The molecule has 0 bridgehead atoms. The summed E-state index contributed by atoms with van der Waals surface area (Å²) in [5, 5.41) is 12.6. The molecule has 0 atom stereocenters. The third-order valence-electron chi connectivity index (χ3n) is 4.55. The van der Waals surface area contributed by atoms with E-state index in [1.165, 1.54) is 48.0 Å². The zero-order chi connectivity index (χ0) is 19.9. The molecule has 0 radical (unpaired) electrons. The third kappa shape index (κ3) is 7.97. The molecule has 0 aliphatic rings. The lowest BCUT2D eigenvalue weighted by molar-refractivity contribution is 0.282. The van der Waals surface area contributed by atoms with Crippen molar-refractivity contribution in [1.29, 1.82) is 0 Å². The van der Waals surface area contributed by atoms with Gasteiger partial charge in [0.05, 0.1) is 0 Å². The van der Waals surface area contributed by atoms with Crippen molar-refractivity contribution in [3.8, 4) is 0 Å². The summed E-state index contributed by atoms with van der Waals surface area (Å²) in [6.45, 7) is 2.58. The van der Waals surface area contributed by atoms with E-state index >= 15 is 0 Å². The maximum atomic E-state index is 8.42. The monoisotopic (exact) mass is 392 g/mol. The largest absolute Gasteiger partial charge is 0.396 e. The Balaban J connectivity index is 0.000000266. The quantitative estimate of drug-likeness (QED) is 0.361. The Morgan fingerprint density at radius 3 is 1.25 bits per heavy atom. The fourth-order valence-corrected chi connectivity index (χ4v) is 5.38. The van der Waals surface area contributed by atoms with Crippen LogP contribution in [0.5, 0.6) is 0 Å². The van der Waals surface area contributed by atoms with Crippen LogP contribution in [0.15, 0.2) is 91.0 Å². The van der Waals surface area contributed by atoms with Gasteiger partial charge in [0.25, 0.3) is 0 Å². The molecule has 0 unspecified atom stereocenters. The van der Waals surface area contributed by atoms with Crippen molar-refractivity contribution in [3.05, 3.63) is 91.0 Å². The first kappa shape index (κ1) is 22.3. The first-order valence-corrected chi connectivity index (χ1v) is 11.8. The molecule has 3 aromatic carbocycles. The molecule has 0 aliphatic heterocycles. The molecule has 28 heavy (non-hydrogen) atoms. The van der Waals surface area contributed by atoms with Crippen LogP contribution in [0.4, 0.5) is 0 Å². The average Bonchev–Trinajstić information content (AvgIpc) is 2.77. The Morgan fingerprint density at radius 1 is 0.536 bits per heavy atom. The number of benzene rings is 3. The van der Waals surface area contributed by atoms with Crippen molar-refractivity contribution in [2.45, 2.75) is 45.4 Å². The lowest BCUT2D eigenvalue weighted by Crippen LogP contribution is -2.20. The highest BCUT2D eigenvalue weighted by molar-refractivity contribution is 7.79. The minimum Gasteiger partial charge on any atom is -0.396 e. The Morgan fingerprint density at radius 2 is 0.893 bits per heavy atom. The van der Waals surface area contributed by atoms with Gasteiger partial charge in [0, 0.05) is 6.61 Å². The van der Waals surface area contributed by atoms with E-state index in [1.54, 1.807) is 0 Å². The van der Waals surface area contributed by atoms with Crippen LogP contribution in [-0.2, 0) is 0 Å². The van der Waals surface area contributed by atoms with Crippen molar-refractivity contribution >= 4 is 23.8 Å². The van der Waals surface area contributed by atoms with Gasteiger partial charge in [-0.1, -0.05) is 130 Å². The second-order valence-corrected chi connectivity index (χ2v) is 9.05. The van der Waals surface area contributed by atoms with Crippen molar-refractivity contribution in [3.63, 3.8) is 0 Å². The van der Waals surface area contributed by atoms with Gasteiger partial charge in [-0.25, -0.2) is 0 Å². The molecule has 0 aliphatic carbocycles. The maximum absolute atomic E-state index is 8.42. The van der Waals surface area contributed by atoms with Crippen LogP contribution in [0.3, 0.4) is 0 Å². The molecule has 0 aromatic heterocycles. The molecule has 3 aromatic rings. The van der Waals surface area contributed by atoms with Gasteiger partial charge in [-0.15, -0.1) is 0 Å². The van der Waals surface area contributed by atoms with E-state index in [0.717, 1.165) is 6.42 Å². The molecular formula is C26H33OP. The minimum atomic E-state index is -0.446. The van der Waals surface area contributed by atoms with Crippen LogP contribution in [0, 0.1) is 0 Å². The van der Waals surface area contributed by atoms with Crippen molar-refractivity contribution in [1.82, 2.24) is 0 Å². The number of unbranched alkanes of at least 4 members (excludes halogenated alkanes) is 5. The van der Waals surface area contributed by atoms with Gasteiger partial charge in [-0.05, 0) is 30.3 Å². The van der Waals surface area contributed by atoms with E-state index in [4.69, 9.17) is 5.11 Å². The highest BCUT2D eigenvalue weighted by Crippen LogP contribution is 2.32. The molecule has 0 saturated heterocycles. The Bertz CT molecular complexity index is 628. The van der Waals surface area contributed by atoms with E-state index in [1.807, 2.05) is 0 Å². The first-order valence-electron chi connectivity index (χ1n) is 10.4. The Labute approximate surface area is 172 Å². The van der Waals surface area contributed by atoms with Crippen LogP contribution in [0.1, 0.15) is 45.4 Å². The molecule has 3 rings (SSSR count). The molecule has 0 saturated carbocycles. The van der Waals surface area contributed by atoms with E-state index in [2.05, 4.69) is 97.9 Å². The Hall–Kier alpha value is -1.95. The molecule has 148 valence electrons. The zero-order valence-electron chi connectivity index (χ0n) is 17.0. The lowest BCUT2D eigenvalue weighted by atomic mass is 10.1. The van der Waals surface area contributed by atoms with Gasteiger partial charge < -0.3 is 5.11 Å². The predicted molar refractivity (Wildman–Crippen MR) is 126 cm³/mol. The molecular weight excluding hydrogens is 359 g/mol. The van der Waals surface area contributed by atoms with Gasteiger partial charge in [0.2, 0.25) is 0 Å². The number of aliphatic hydroxyl groups is 1. The van der Waals surface area contributed by atoms with Crippen LogP contribution in [-0.4, -0.2) is 11.7 Å². The van der Waals surface area contributed by atoms with Crippen molar-refractivity contribution in [2.75, 3.05) is 6.61 Å². The van der Waals surface area contributed by atoms with Gasteiger partial charge in [0.15, 0.2) is 0 Å². The van der Waals surface area contributed by atoms with Gasteiger partial charge in [-0.2, -0.15) is 0 Å². The van der Waals surface area contributed by atoms with Gasteiger partial charge in [-0.3, -0.25) is 0 Å². The van der Waals surface area contributed by atoms with Gasteiger partial charge >= 0.3 is 0 Å². The lowest BCUT2D eigenvalue weighted by Gasteiger charge is -2.18. The average molecular weight is 393 g/mol. The molecule has 0 heterocycles. The molecule has 0 spiro atoms. The second-order valence-electron chi connectivity index (χ2n) is 6.83. The Kier molecular flexibility index (Phi) is 11.3. The van der Waals surface area contributed by atoms with E-state index in [0.29, 0.717) is 6.61 Å². The van der Waals surface area contributed by atoms with E-state index in [9.17, 15) is 0 Å². The minimum absolute atomic E-state index is 0.367. The van der Waals surface area contributed by atoms with Crippen molar-refractivity contribution < 1.29 is 5.11 Å². The normalized spacial score (nSPS) is 10.4. The summed E-state index contributed by atoms with van der Waals surface area (Å²) in [4.78, 5) is 0. The van der Waals surface area contributed by atoms with Crippen LogP contribution >= 0.6 is 7.92 Å². The molecule has 1 N–H and O–H groups in total. The standard InChI is InChI=1S/C18H15P.C8H18O/c1-4-10-16(11-5-1)19(17-12-6-2-7-13-17)18-14-8-3-9-15-18;1-2-3-4-5-6-7-8-9/h1-15H;9H,2-8H2,1H3. The number of aliphatic hydroxyl groups excluding tert-OH is 1. The fraction of sp³-hybridized carbons (Fsp3) is 0.308. The summed E-state index contributed by atoms with van der Waals surface area (Å²) < 4.78 is 0. The third-order valence-corrected chi connectivity index (χ3v) is 7.00. The topological polar surface area (TPSA) is 20.2 Å². The van der Waals surface area contributed by atoms with Crippen molar-refractivity contribution in [2.24, 2.45) is 0 Å². The summed E-state index contributed by atoms with van der Waals surface area (Å²) in [5.41, 5.74) is 0. The van der Waals surface area contributed by atoms with E-state index in [-0.39, 0.29) is 0 Å². The van der Waals surface area contributed by atoms with Gasteiger partial charge in [0.1, 0.15) is 0 Å². The summed E-state index contributed by atoms with van der Waals surface area (Å²) in [7, 11) is -0.446. The molecule has 0 amide bonds. The summed E-state index contributed by atoms with van der Waals surface area (Å²) in [5.74, 6) is 0.